The van der Waals surface area contributed by atoms with Gasteiger partial charge < -0.3 is 0 Å². The molecule has 0 aliphatic rings. The highest BCUT2D eigenvalue weighted by atomic mass is 16.2. The number of amides is 1. The molecule has 3 nitrogen and oxygen atoms in total. The van der Waals surface area contributed by atoms with Crippen molar-refractivity contribution < 1.29 is 4.79 Å². The largest absolute Gasteiger partial charge is 0.273 e. The predicted molar refractivity (Wildman–Crippen MR) is 95.9 cm³/mol. The molecule has 0 saturated carbocycles. The van der Waals surface area contributed by atoms with Crippen molar-refractivity contribution in [3.05, 3.63) is 69.8 Å². The molecule has 0 saturated heterocycles. The molecule has 0 aromatic heterocycles. The Balaban J connectivity index is 2.01. The third-order valence-corrected chi connectivity index (χ3v) is 4.21. The Bertz CT molecular complexity index is 760. The second-order valence-electron chi connectivity index (χ2n) is 6.13. The van der Waals surface area contributed by atoms with Gasteiger partial charge in [0.15, 0.2) is 0 Å². The number of hydrazone groups is 1. The summed E-state index contributed by atoms with van der Waals surface area (Å²) in [5.74, 6) is -0.101. The van der Waals surface area contributed by atoms with Crippen molar-refractivity contribution >= 4 is 11.6 Å². The van der Waals surface area contributed by atoms with Crippen molar-refractivity contribution in [2.75, 3.05) is 0 Å². The molecular weight excluding hydrogens is 284 g/mol. The van der Waals surface area contributed by atoms with Gasteiger partial charge in [-0.25, -0.2) is 5.43 Å². The summed E-state index contributed by atoms with van der Waals surface area (Å²) in [5.41, 5.74) is 10.4. The van der Waals surface area contributed by atoms with Crippen LogP contribution in [0.5, 0.6) is 0 Å². The van der Waals surface area contributed by atoms with Crippen molar-refractivity contribution in [2.45, 2.75) is 41.0 Å². The maximum Gasteiger partial charge on any atom is 0.244 e. The lowest BCUT2D eigenvalue weighted by molar-refractivity contribution is -0.120. The molecule has 0 bridgehead atoms. The fourth-order valence-electron chi connectivity index (χ4n) is 2.32. The first-order valence-electron chi connectivity index (χ1n) is 7.83. The number of nitrogens with zero attached hydrogens (tertiary/aromatic N) is 1. The Morgan fingerprint density at radius 1 is 0.913 bits per heavy atom. The van der Waals surface area contributed by atoms with Gasteiger partial charge in [-0.2, -0.15) is 5.10 Å². The van der Waals surface area contributed by atoms with Crippen molar-refractivity contribution in [3.63, 3.8) is 0 Å². The minimum Gasteiger partial charge on any atom is -0.273 e. The van der Waals surface area contributed by atoms with Crippen LogP contribution in [0.3, 0.4) is 0 Å². The average molecular weight is 308 g/mol. The van der Waals surface area contributed by atoms with Gasteiger partial charge in [-0.15, -0.1) is 0 Å². The van der Waals surface area contributed by atoms with E-state index in [2.05, 4.69) is 56.4 Å². The van der Waals surface area contributed by atoms with Crippen LogP contribution in [0.1, 0.15) is 40.3 Å². The SMILES string of the molecule is C/C(=N\NC(=O)Cc1ccc(C)c(C)c1)c1ccc(C)c(C)c1. The number of carbonyl (C=O) groups excluding carboxylic acids is 1. The quantitative estimate of drug-likeness (QED) is 0.673. The van der Waals surface area contributed by atoms with Gasteiger partial charge in [0, 0.05) is 0 Å². The molecule has 0 spiro atoms. The summed E-state index contributed by atoms with van der Waals surface area (Å²) in [4.78, 5) is 12.0. The molecule has 0 atom stereocenters. The Morgan fingerprint density at radius 3 is 2.13 bits per heavy atom. The first kappa shape index (κ1) is 16.9. The molecule has 1 N–H and O–H groups in total. The standard InChI is InChI=1S/C20H24N2O/c1-13-6-8-18(10-15(13)3)12-20(23)22-21-17(5)19-9-7-14(2)16(4)11-19/h6-11H,12H2,1-5H3,(H,22,23)/b21-17+. The third-order valence-electron chi connectivity index (χ3n) is 4.21. The van der Waals surface area contributed by atoms with E-state index in [4.69, 9.17) is 0 Å². The van der Waals surface area contributed by atoms with Crippen LogP contribution in [0.25, 0.3) is 0 Å². The summed E-state index contributed by atoms with van der Waals surface area (Å²) in [6.07, 6.45) is 0.338. The molecule has 0 heterocycles. The Labute approximate surface area is 138 Å². The maximum absolute atomic E-state index is 12.0. The third kappa shape index (κ3) is 4.52. The van der Waals surface area contributed by atoms with Gasteiger partial charge in [0.2, 0.25) is 5.91 Å². The molecule has 2 rings (SSSR count). The van der Waals surface area contributed by atoms with Gasteiger partial charge in [-0.05, 0) is 74.1 Å². The van der Waals surface area contributed by atoms with Crippen LogP contribution < -0.4 is 5.43 Å². The minimum atomic E-state index is -0.101. The maximum atomic E-state index is 12.0. The summed E-state index contributed by atoms with van der Waals surface area (Å²) in [5, 5.41) is 4.22. The summed E-state index contributed by atoms with van der Waals surface area (Å²) in [7, 11) is 0. The van der Waals surface area contributed by atoms with Gasteiger partial charge in [-0.1, -0.05) is 30.3 Å². The number of aryl methyl sites for hydroxylation is 4. The molecule has 0 aliphatic carbocycles. The van der Waals surface area contributed by atoms with Crippen molar-refractivity contribution in [1.29, 1.82) is 0 Å². The van der Waals surface area contributed by atoms with Crippen LogP contribution in [0, 0.1) is 27.7 Å². The highest BCUT2D eigenvalue weighted by Crippen LogP contribution is 2.11. The number of hydrogen-bond acceptors (Lipinski definition) is 2. The molecule has 3 heteroatoms. The lowest BCUT2D eigenvalue weighted by Crippen LogP contribution is -2.21. The van der Waals surface area contributed by atoms with Crippen LogP contribution >= 0.6 is 0 Å². The molecular formula is C20H24N2O. The summed E-state index contributed by atoms with van der Waals surface area (Å²) < 4.78 is 0. The molecule has 120 valence electrons. The fourth-order valence-corrected chi connectivity index (χ4v) is 2.32. The lowest BCUT2D eigenvalue weighted by Gasteiger charge is -2.07. The molecule has 1 amide bonds. The van der Waals surface area contributed by atoms with Crippen LogP contribution in [-0.4, -0.2) is 11.6 Å². The second kappa shape index (κ2) is 7.23. The van der Waals surface area contributed by atoms with Crippen LogP contribution in [0.15, 0.2) is 41.5 Å². The molecule has 0 radical (unpaired) electrons. The zero-order chi connectivity index (χ0) is 17.0. The van der Waals surface area contributed by atoms with Crippen LogP contribution in [0.2, 0.25) is 0 Å². The van der Waals surface area contributed by atoms with Gasteiger partial charge >= 0.3 is 0 Å². The van der Waals surface area contributed by atoms with E-state index >= 15 is 0 Å². The Kier molecular flexibility index (Phi) is 5.32. The zero-order valence-corrected chi connectivity index (χ0v) is 14.5. The first-order chi connectivity index (χ1) is 10.9. The highest BCUT2D eigenvalue weighted by Gasteiger charge is 2.05. The van der Waals surface area contributed by atoms with Crippen molar-refractivity contribution in [2.24, 2.45) is 5.10 Å². The van der Waals surface area contributed by atoms with E-state index < -0.39 is 0 Å². The fraction of sp³-hybridized carbons (Fsp3) is 0.300. The van der Waals surface area contributed by atoms with Crippen molar-refractivity contribution in [3.8, 4) is 0 Å². The van der Waals surface area contributed by atoms with E-state index in [1.54, 1.807) is 0 Å². The molecule has 0 fully saturated rings. The Morgan fingerprint density at radius 2 is 1.52 bits per heavy atom. The Hall–Kier alpha value is -2.42. The average Bonchev–Trinajstić information content (AvgIpc) is 2.51. The molecule has 0 unspecified atom stereocenters. The van der Waals surface area contributed by atoms with E-state index in [0.29, 0.717) is 6.42 Å². The molecule has 2 aromatic rings. The minimum absolute atomic E-state index is 0.101. The van der Waals surface area contributed by atoms with E-state index in [0.717, 1.165) is 16.8 Å². The second-order valence-corrected chi connectivity index (χ2v) is 6.13. The van der Waals surface area contributed by atoms with Crippen LogP contribution in [0.4, 0.5) is 0 Å². The highest BCUT2D eigenvalue weighted by molar-refractivity contribution is 5.99. The topological polar surface area (TPSA) is 41.5 Å². The summed E-state index contributed by atoms with van der Waals surface area (Å²) >= 11 is 0. The number of carbonyl (C=O) groups is 1. The van der Waals surface area contributed by atoms with Crippen LogP contribution in [-0.2, 0) is 11.2 Å². The molecule has 2 aromatic carbocycles. The number of rotatable bonds is 4. The van der Waals surface area contributed by atoms with Crippen molar-refractivity contribution in [1.82, 2.24) is 5.43 Å². The molecule has 23 heavy (non-hydrogen) atoms. The summed E-state index contributed by atoms with van der Waals surface area (Å²) in [6.45, 7) is 10.2. The van der Waals surface area contributed by atoms with Gasteiger partial charge in [0.1, 0.15) is 0 Å². The van der Waals surface area contributed by atoms with E-state index in [1.807, 2.05) is 25.1 Å². The van der Waals surface area contributed by atoms with E-state index in [9.17, 15) is 4.79 Å². The zero-order valence-electron chi connectivity index (χ0n) is 14.5. The van der Waals surface area contributed by atoms with E-state index in [-0.39, 0.29) is 5.91 Å². The van der Waals surface area contributed by atoms with Gasteiger partial charge in [-0.3, -0.25) is 4.79 Å². The lowest BCUT2D eigenvalue weighted by atomic mass is 10.0. The van der Waals surface area contributed by atoms with Gasteiger partial charge in [0.25, 0.3) is 0 Å². The number of nitrogens with one attached hydrogen (secondary N) is 1. The molecule has 0 aliphatic heterocycles. The monoisotopic (exact) mass is 308 g/mol. The predicted octanol–water partition coefficient (Wildman–Crippen LogP) is 4.00. The first-order valence-corrected chi connectivity index (χ1v) is 7.83. The number of hydrogen-bond donors (Lipinski definition) is 1. The normalized spacial score (nSPS) is 11.4. The van der Waals surface area contributed by atoms with E-state index in [1.165, 1.54) is 22.3 Å². The summed E-state index contributed by atoms with van der Waals surface area (Å²) in [6, 6.07) is 12.3. The van der Waals surface area contributed by atoms with Gasteiger partial charge in [0.05, 0.1) is 12.1 Å². The number of benzene rings is 2. The smallest absolute Gasteiger partial charge is 0.244 e.